The lowest BCUT2D eigenvalue weighted by molar-refractivity contribution is -0.256. The maximum Gasteiger partial charge on any atom is 0.430 e. The molecule has 0 aromatic heterocycles. The number of primary amides is 7. The van der Waals surface area contributed by atoms with Gasteiger partial charge < -0.3 is 96.3 Å². The lowest BCUT2D eigenvalue weighted by Gasteiger charge is -2.27. The number of nitrogens with zero attached hydrogens (tertiary/aromatic N) is 1. The molecule has 2 heterocycles. The zero-order valence-corrected chi connectivity index (χ0v) is 70.8. The SMILES string of the molecule is CN1C(=O)C(O)(C(F)(F)F)c2ccccc21.NC(=O)C(O)(CC(F)(F)F)c1ccccc1.NC(=O)C(O)(Cc1ccccc1)C(F)(F)F.NC(=O)C(O)(c1ccc(Cl)cc1)C(F)(F)F.NC(=O)C(O)(c1ccc(F)cc1)C(F)(F)F.NC(=O)C(O)(c1cccc(F)c1)C(F)(F)F.NC(=O)C(O)(c1ccccc1)C(F)(F)F.NC(=O)C(O)(c1ccccc1)C(F)(F)F.O=C1Nc2ccccc2C1(O)C(F)(F)F. The van der Waals surface area contributed by atoms with Gasteiger partial charge >= 0.3 is 55.6 Å². The summed E-state index contributed by atoms with van der Waals surface area (Å²) in [5.74, 6) is -17.4. The van der Waals surface area contributed by atoms with E-state index in [9.17, 15) is 216 Å². The predicted molar refractivity (Wildman–Crippen MR) is 428 cm³/mol. The fraction of sp³-hybridized carbons (Fsp3) is 0.250. The highest BCUT2D eigenvalue weighted by atomic mass is 35.5. The maximum atomic E-state index is 12.7. The molecule has 0 aliphatic carbocycles. The Morgan fingerprint density at radius 1 is 0.333 bits per heavy atom. The molecule has 0 fully saturated rings. The van der Waals surface area contributed by atoms with Gasteiger partial charge in [-0.1, -0.05) is 206 Å². The van der Waals surface area contributed by atoms with Crippen LogP contribution in [0.15, 0.2) is 243 Å². The minimum Gasteiger partial charge on any atom is -0.375 e. The van der Waals surface area contributed by atoms with Gasteiger partial charge in [0.05, 0.1) is 12.1 Å². The van der Waals surface area contributed by atoms with Crippen LogP contribution in [-0.4, -0.2) is 167 Å². The molecular formula is C84H71ClF29N9O18. The van der Waals surface area contributed by atoms with Crippen LogP contribution in [0.25, 0.3) is 0 Å². The van der Waals surface area contributed by atoms with E-state index >= 15 is 0 Å². The smallest absolute Gasteiger partial charge is 0.375 e. The minimum absolute atomic E-state index is 0.0117. The summed E-state index contributed by atoms with van der Waals surface area (Å²) in [5.41, 5.74) is -3.95. The Morgan fingerprint density at radius 2 is 0.631 bits per heavy atom. The number of anilines is 2. The number of alkyl halides is 27. The second-order valence-corrected chi connectivity index (χ2v) is 29.1. The molecule has 9 aromatic carbocycles. The Balaban J connectivity index is 0.000000408. The van der Waals surface area contributed by atoms with Crippen molar-refractivity contribution >= 4 is 76.1 Å². The van der Waals surface area contributed by atoms with Crippen molar-refractivity contribution in [3.05, 3.63) is 309 Å². The largest absolute Gasteiger partial charge is 0.430 e. The van der Waals surface area contributed by atoms with E-state index in [0.29, 0.717) is 30.3 Å². The molecule has 24 N–H and O–H groups in total. The Hall–Kier alpha value is -13.9. The van der Waals surface area contributed by atoms with Gasteiger partial charge in [0, 0.05) is 63.1 Å². The molecule has 11 rings (SSSR count). The molecule has 770 valence electrons. The normalized spacial score (nSPS) is 17.6. The van der Waals surface area contributed by atoms with Crippen LogP contribution < -0.4 is 50.4 Å². The number of rotatable bonds is 16. The third kappa shape index (κ3) is 27.2. The first-order chi connectivity index (χ1) is 63.9. The number of benzene rings is 9. The lowest BCUT2D eigenvalue weighted by atomic mass is 9.89. The van der Waals surface area contributed by atoms with Gasteiger partial charge in [0.25, 0.3) is 92.4 Å². The Bertz CT molecular complexity index is 5650. The molecule has 0 saturated carbocycles. The topological polar surface area (TPSA) is 533 Å². The summed E-state index contributed by atoms with van der Waals surface area (Å²) in [7, 11) is 1.20. The summed E-state index contributed by atoms with van der Waals surface area (Å²) < 4.78 is 363. The van der Waals surface area contributed by atoms with E-state index in [-0.39, 0.29) is 27.5 Å². The van der Waals surface area contributed by atoms with Gasteiger partial charge in [0.15, 0.2) is 5.60 Å². The number of aliphatic hydroxyl groups is 9. The van der Waals surface area contributed by atoms with Gasteiger partial charge in [0.2, 0.25) is 5.60 Å². The Labute approximate surface area is 775 Å². The van der Waals surface area contributed by atoms with Crippen molar-refractivity contribution in [2.75, 3.05) is 17.3 Å². The number of nitrogens with two attached hydrogens (primary N) is 7. The molecule has 0 saturated heterocycles. The molecule has 141 heavy (non-hydrogen) atoms. The Kier molecular flexibility index (Phi) is 38.8. The fourth-order valence-corrected chi connectivity index (χ4v) is 11.7. The fourth-order valence-electron chi connectivity index (χ4n) is 11.6. The number of carbonyl (C=O) groups excluding carboxylic acids is 9. The van der Waals surface area contributed by atoms with E-state index < -0.39 is 223 Å². The second-order valence-electron chi connectivity index (χ2n) is 28.7. The molecule has 9 amide bonds. The summed E-state index contributed by atoms with van der Waals surface area (Å²) in [6.45, 7) is 0. The first-order valence-corrected chi connectivity index (χ1v) is 37.7. The molecule has 9 atom stereocenters. The summed E-state index contributed by atoms with van der Waals surface area (Å²) in [4.78, 5) is 98.7. The quantitative estimate of drug-likeness (QED) is 0.0400. The monoisotopic (exact) mass is 2080 g/mol. The number of halogens is 30. The van der Waals surface area contributed by atoms with Gasteiger partial charge in [-0.05, 0) is 59.7 Å². The average molecular weight is 2080 g/mol. The van der Waals surface area contributed by atoms with Crippen molar-refractivity contribution in [2.45, 2.75) is 119 Å². The van der Waals surface area contributed by atoms with Crippen LogP contribution in [-0.2, 0) is 94.4 Å². The maximum absolute atomic E-state index is 12.7. The van der Waals surface area contributed by atoms with E-state index in [1.165, 1.54) is 128 Å². The lowest BCUT2D eigenvalue weighted by Crippen LogP contribution is -2.56. The van der Waals surface area contributed by atoms with Gasteiger partial charge in [-0.3, -0.25) is 43.2 Å². The van der Waals surface area contributed by atoms with Crippen molar-refractivity contribution in [3.63, 3.8) is 0 Å². The van der Waals surface area contributed by atoms with E-state index in [1.807, 2.05) is 5.32 Å². The first-order valence-electron chi connectivity index (χ1n) is 37.4. The van der Waals surface area contributed by atoms with Crippen molar-refractivity contribution in [2.24, 2.45) is 40.1 Å². The van der Waals surface area contributed by atoms with Crippen LogP contribution in [0.2, 0.25) is 5.02 Å². The summed E-state index contributed by atoms with van der Waals surface area (Å²) in [6.07, 6.45) is -48.4. The van der Waals surface area contributed by atoms with E-state index in [1.54, 1.807) is 12.1 Å². The summed E-state index contributed by atoms with van der Waals surface area (Å²) in [6, 6.07) is 46.3. The zero-order chi connectivity index (χ0) is 109. The molecule has 57 heteroatoms. The number of para-hydroxylation sites is 2. The highest BCUT2D eigenvalue weighted by Gasteiger charge is 2.69. The Morgan fingerprint density at radius 3 is 0.943 bits per heavy atom. The molecule has 0 spiro atoms. The molecule has 0 radical (unpaired) electrons. The van der Waals surface area contributed by atoms with Gasteiger partial charge in [-0.25, -0.2) is 8.78 Å². The third-order valence-corrected chi connectivity index (χ3v) is 19.5. The molecule has 27 nitrogen and oxygen atoms in total. The van der Waals surface area contributed by atoms with Gasteiger partial charge in [-0.15, -0.1) is 0 Å². The summed E-state index contributed by atoms with van der Waals surface area (Å²) >= 11 is 5.48. The van der Waals surface area contributed by atoms with Crippen LogP contribution >= 0.6 is 11.6 Å². The molecule has 2 aliphatic rings. The highest BCUT2D eigenvalue weighted by Crippen LogP contribution is 2.51. The van der Waals surface area contributed by atoms with Crippen LogP contribution in [0.3, 0.4) is 0 Å². The highest BCUT2D eigenvalue weighted by molar-refractivity contribution is 6.30. The number of likely N-dealkylation sites (N-methyl/N-ethyl adjacent to an activating group) is 1. The molecule has 0 bridgehead atoms. The molecule has 9 unspecified atom stereocenters. The number of nitrogens with one attached hydrogen (secondary N) is 1. The van der Waals surface area contributed by atoms with E-state index in [2.05, 4.69) is 34.4 Å². The average Bonchev–Trinajstić information content (AvgIpc) is 1.57. The standard InChI is InChI=1S/C10H8F3NO2.2C10H10F3NO2.C9H7ClF3NO2.2C9H7F4NO2.C9H6F3NO2.2C9H8F3NO2/c1-14-7-5-3-2-4-6(7)9(16,8(14)15)10(11,12)13;11-10(12,13)6-9(16,8(14)15)7-4-2-1-3-5-7;11-10(12,13)9(16,8(14)15)6-7-4-2-1-3-5-7;2*10-6-3-1-5(2-4-6)8(16,7(14)15)9(11,12)13;10-6-3-1-2-5(4-6)8(16,7(14)15)9(11,12)13;10-9(11,12)8(15)5-3-1-2-4-6(5)13-7(8)14;2*10-9(11,12)8(15,7(13)14)6-4-2-1-3-5-6/h2-5,16H,1H3;2*1-5,16H,6H2,(H2,14,15);3*1-4,16H,(H2,14,15);1-4,15H,(H,13,14);2*1-5,15H,(H2,13,14). The molecular weight excluding hydrogens is 2010 g/mol. The van der Waals surface area contributed by atoms with Gasteiger partial charge in [0.1, 0.15) is 11.6 Å². The van der Waals surface area contributed by atoms with E-state index in [4.69, 9.17) is 17.3 Å². The number of hydrogen-bond acceptors (Lipinski definition) is 18. The third-order valence-electron chi connectivity index (χ3n) is 19.3. The van der Waals surface area contributed by atoms with Crippen molar-refractivity contribution in [3.8, 4) is 0 Å². The zero-order valence-electron chi connectivity index (χ0n) is 70.0. The number of amides is 9. The second kappa shape index (κ2) is 45.1. The number of hydrogen-bond donors (Lipinski definition) is 17. The van der Waals surface area contributed by atoms with Crippen LogP contribution in [0, 0.1) is 11.6 Å². The van der Waals surface area contributed by atoms with Crippen molar-refractivity contribution < 1.29 is 216 Å². The van der Waals surface area contributed by atoms with Crippen LogP contribution in [0.4, 0.5) is 139 Å². The van der Waals surface area contributed by atoms with Crippen LogP contribution in [0.5, 0.6) is 0 Å². The summed E-state index contributed by atoms with van der Waals surface area (Å²) in [5, 5.41) is 86.6. The number of carbonyl (C=O) groups is 9. The minimum atomic E-state index is -5.31. The molecule has 2 aliphatic heterocycles. The van der Waals surface area contributed by atoms with Crippen molar-refractivity contribution in [1.82, 2.24) is 0 Å². The first kappa shape index (κ1) is 121. The van der Waals surface area contributed by atoms with Crippen molar-refractivity contribution in [1.29, 1.82) is 0 Å². The van der Waals surface area contributed by atoms with Crippen LogP contribution in [0.1, 0.15) is 56.5 Å². The molecule has 9 aromatic rings. The predicted octanol–water partition coefficient (Wildman–Crippen LogP) is 10.7. The van der Waals surface area contributed by atoms with E-state index in [0.717, 1.165) is 83.8 Å². The van der Waals surface area contributed by atoms with Gasteiger partial charge in [-0.2, -0.15) is 119 Å². The number of fused-ring (bicyclic) bond motifs is 2.